The van der Waals surface area contributed by atoms with Gasteiger partial charge in [0.15, 0.2) is 0 Å². The lowest BCUT2D eigenvalue weighted by Gasteiger charge is -2.44. The van der Waals surface area contributed by atoms with E-state index < -0.39 is 5.60 Å². The van der Waals surface area contributed by atoms with E-state index in [-0.39, 0.29) is 17.2 Å². The van der Waals surface area contributed by atoms with Gasteiger partial charge in [-0.2, -0.15) is 5.10 Å². The minimum absolute atomic E-state index is 0.0656. The standard InChI is InChI=1S/C17H27N3O3/c1-14-12-19(10-6-17(14,22)7-11-23-2)15(21)16(4-5-16)13-20-9-3-8-18-20/h3,8-9,14,22H,4-7,10-13H2,1-2H3/t14-,17-/m1/s1. The molecule has 0 unspecified atom stereocenters. The Morgan fingerprint density at radius 3 is 2.78 bits per heavy atom. The third kappa shape index (κ3) is 3.28. The second-order valence-electron chi connectivity index (χ2n) is 7.23. The molecule has 6 heteroatoms. The summed E-state index contributed by atoms with van der Waals surface area (Å²) in [7, 11) is 1.65. The molecule has 1 aliphatic carbocycles. The van der Waals surface area contributed by atoms with Gasteiger partial charge in [0.2, 0.25) is 5.91 Å². The average molecular weight is 321 g/mol. The molecule has 1 aromatic heterocycles. The molecule has 1 amide bonds. The Kier molecular flexibility index (Phi) is 4.47. The molecule has 23 heavy (non-hydrogen) atoms. The normalized spacial score (nSPS) is 29.5. The van der Waals surface area contributed by atoms with Gasteiger partial charge in [0.25, 0.3) is 0 Å². The van der Waals surface area contributed by atoms with Crippen LogP contribution >= 0.6 is 0 Å². The monoisotopic (exact) mass is 321 g/mol. The molecule has 0 radical (unpaired) electrons. The first-order valence-corrected chi connectivity index (χ1v) is 8.47. The molecule has 6 nitrogen and oxygen atoms in total. The maximum absolute atomic E-state index is 13.0. The summed E-state index contributed by atoms with van der Waals surface area (Å²) in [5, 5.41) is 15.0. The fraction of sp³-hybridized carbons (Fsp3) is 0.765. The number of nitrogens with zero attached hydrogens (tertiary/aromatic N) is 3. The molecule has 128 valence electrons. The molecule has 3 rings (SSSR count). The van der Waals surface area contributed by atoms with Crippen LogP contribution in [-0.4, -0.2) is 58.1 Å². The highest BCUT2D eigenvalue weighted by Gasteiger charge is 2.53. The van der Waals surface area contributed by atoms with Crippen molar-refractivity contribution in [1.29, 1.82) is 0 Å². The van der Waals surface area contributed by atoms with Gasteiger partial charge in [-0.3, -0.25) is 9.48 Å². The van der Waals surface area contributed by atoms with Gasteiger partial charge in [-0.25, -0.2) is 0 Å². The van der Waals surface area contributed by atoms with Crippen molar-refractivity contribution >= 4 is 5.91 Å². The number of carbonyl (C=O) groups is 1. The highest BCUT2D eigenvalue weighted by atomic mass is 16.5. The Morgan fingerprint density at radius 2 is 2.22 bits per heavy atom. The Balaban J connectivity index is 1.61. The third-order valence-corrected chi connectivity index (χ3v) is 5.58. The number of aromatic nitrogens is 2. The maximum atomic E-state index is 13.0. The van der Waals surface area contributed by atoms with Gasteiger partial charge < -0.3 is 14.7 Å². The zero-order chi connectivity index (χ0) is 16.5. The fourth-order valence-electron chi connectivity index (χ4n) is 3.63. The van der Waals surface area contributed by atoms with Crippen molar-refractivity contribution in [3.8, 4) is 0 Å². The zero-order valence-corrected chi connectivity index (χ0v) is 14.1. The van der Waals surface area contributed by atoms with Crippen molar-refractivity contribution in [1.82, 2.24) is 14.7 Å². The van der Waals surface area contributed by atoms with E-state index in [1.54, 1.807) is 13.3 Å². The van der Waals surface area contributed by atoms with Crippen LogP contribution in [0.3, 0.4) is 0 Å². The number of likely N-dealkylation sites (tertiary alicyclic amines) is 1. The van der Waals surface area contributed by atoms with Gasteiger partial charge in [0.05, 0.1) is 17.6 Å². The van der Waals surface area contributed by atoms with Crippen LogP contribution in [0, 0.1) is 11.3 Å². The summed E-state index contributed by atoms with van der Waals surface area (Å²) >= 11 is 0. The molecule has 1 aliphatic heterocycles. The first-order chi connectivity index (χ1) is 11.0. The number of hydrogen-bond donors (Lipinski definition) is 1. The molecule has 0 spiro atoms. The van der Waals surface area contributed by atoms with Crippen molar-refractivity contribution in [3.63, 3.8) is 0 Å². The van der Waals surface area contributed by atoms with Crippen LogP contribution in [0.1, 0.15) is 32.6 Å². The molecule has 1 saturated carbocycles. The number of aliphatic hydroxyl groups is 1. The molecular formula is C17H27N3O3. The zero-order valence-electron chi connectivity index (χ0n) is 14.1. The largest absolute Gasteiger partial charge is 0.389 e. The number of piperidine rings is 1. The van der Waals surface area contributed by atoms with Crippen LogP contribution in [0.4, 0.5) is 0 Å². The summed E-state index contributed by atoms with van der Waals surface area (Å²) in [6.07, 6.45) is 6.79. The van der Waals surface area contributed by atoms with Gasteiger partial charge in [-0.05, 0) is 31.7 Å². The Labute approximate surface area is 137 Å². The van der Waals surface area contributed by atoms with Crippen LogP contribution in [0.2, 0.25) is 0 Å². The highest BCUT2D eigenvalue weighted by Crippen LogP contribution is 2.49. The summed E-state index contributed by atoms with van der Waals surface area (Å²) in [5.41, 5.74) is -0.987. The van der Waals surface area contributed by atoms with Crippen LogP contribution < -0.4 is 0 Å². The summed E-state index contributed by atoms with van der Waals surface area (Å²) in [6.45, 7) is 4.50. The predicted molar refractivity (Wildman–Crippen MR) is 85.7 cm³/mol. The van der Waals surface area contributed by atoms with Crippen LogP contribution in [0.15, 0.2) is 18.5 Å². The van der Waals surface area contributed by atoms with Crippen molar-refractivity contribution in [2.75, 3.05) is 26.8 Å². The topological polar surface area (TPSA) is 67.6 Å². The quantitative estimate of drug-likeness (QED) is 0.857. The minimum Gasteiger partial charge on any atom is -0.389 e. The molecule has 1 saturated heterocycles. The SMILES string of the molecule is COCC[C@]1(O)CCN(C(=O)C2(Cn3cccn3)CC2)C[C@H]1C. The lowest BCUT2D eigenvalue weighted by molar-refractivity contribution is -0.146. The van der Waals surface area contributed by atoms with Crippen LogP contribution in [0.5, 0.6) is 0 Å². The van der Waals surface area contributed by atoms with E-state index in [0.717, 1.165) is 12.8 Å². The van der Waals surface area contributed by atoms with E-state index in [1.807, 2.05) is 28.8 Å². The third-order valence-electron chi connectivity index (χ3n) is 5.58. The molecule has 0 bridgehead atoms. The Morgan fingerprint density at radius 1 is 1.43 bits per heavy atom. The smallest absolute Gasteiger partial charge is 0.230 e. The second-order valence-corrected chi connectivity index (χ2v) is 7.23. The molecule has 1 aromatic rings. The van der Waals surface area contributed by atoms with Gasteiger partial charge >= 0.3 is 0 Å². The summed E-state index contributed by atoms with van der Waals surface area (Å²) in [6, 6.07) is 1.89. The Hall–Kier alpha value is -1.40. The van der Waals surface area contributed by atoms with Crippen molar-refractivity contribution in [2.45, 2.75) is 44.8 Å². The van der Waals surface area contributed by atoms with Crippen molar-refractivity contribution in [3.05, 3.63) is 18.5 Å². The van der Waals surface area contributed by atoms with Gasteiger partial charge in [0.1, 0.15) is 0 Å². The molecular weight excluding hydrogens is 294 g/mol. The number of amides is 1. The number of methoxy groups -OCH3 is 1. The highest BCUT2D eigenvalue weighted by molar-refractivity contribution is 5.85. The molecule has 2 heterocycles. The van der Waals surface area contributed by atoms with E-state index >= 15 is 0 Å². The number of hydrogen-bond acceptors (Lipinski definition) is 4. The Bertz CT molecular complexity index is 541. The molecule has 2 aliphatic rings. The fourth-order valence-corrected chi connectivity index (χ4v) is 3.63. The first kappa shape index (κ1) is 16.5. The molecule has 1 N–H and O–H groups in total. The van der Waals surface area contributed by atoms with Crippen molar-refractivity contribution in [2.24, 2.45) is 11.3 Å². The number of carbonyl (C=O) groups excluding carboxylic acids is 1. The summed E-state index contributed by atoms with van der Waals surface area (Å²) in [4.78, 5) is 14.9. The minimum atomic E-state index is -0.717. The number of rotatable bonds is 6. The van der Waals surface area contributed by atoms with Gasteiger partial charge in [-0.15, -0.1) is 0 Å². The predicted octanol–water partition coefficient (Wildman–Crippen LogP) is 1.30. The van der Waals surface area contributed by atoms with Crippen LogP contribution in [0.25, 0.3) is 0 Å². The van der Waals surface area contributed by atoms with E-state index in [0.29, 0.717) is 39.1 Å². The summed E-state index contributed by atoms with van der Waals surface area (Å²) < 4.78 is 6.96. The van der Waals surface area contributed by atoms with Crippen LogP contribution in [-0.2, 0) is 16.1 Å². The van der Waals surface area contributed by atoms with E-state index in [9.17, 15) is 9.90 Å². The van der Waals surface area contributed by atoms with Crippen molar-refractivity contribution < 1.29 is 14.6 Å². The lowest BCUT2D eigenvalue weighted by Crippen LogP contribution is -2.54. The maximum Gasteiger partial charge on any atom is 0.230 e. The molecule has 2 atom stereocenters. The lowest BCUT2D eigenvalue weighted by atomic mass is 9.79. The van der Waals surface area contributed by atoms with E-state index in [1.165, 1.54) is 0 Å². The van der Waals surface area contributed by atoms with Gasteiger partial charge in [-0.1, -0.05) is 6.92 Å². The second kappa shape index (κ2) is 6.24. The van der Waals surface area contributed by atoms with E-state index in [4.69, 9.17) is 4.74 Å². The summed E-state index contributed by atoms with van der Waals surface area (Å²) in [5.74, 6) is 0.296. The van der Waals surface area contributed by atoms with E-state index in [2.05, 4.69) is 5.10 Å². The average Bonchev–Trinajstić information content (AvgIpc) is 3.14. The molecule has 0 aromatic carbocycles. The van der Waals surface area contributed by atoms with Gasteiger partial charge in [0, 0.05) is 45.1 Å². The first-order valence-electron chi connectivity index (χ1n) is 8.47. The number of ether oxygens (including phenoxy) is 1. The molecule has 2 fully saturated rings.